The normalized spacial score (nSPS) is 17.3. The van der Waals surface area contributed by atoms with E-state index >= 15 is 0 Å². The molecule has 22 heavy (non-hydrogen) atoms. The fourth-order valence-electron chi connectivity index (χ4n) is 2.94. The maximum Gasteiger partial charge on any atom is 0.180 e. The van der Waals surface area contributed by atoms with Crippen molar-refractivity contribution in [2.75, 3.05) is 11.1 Å². The maximum absolute atomic E-state index is 12.2. The molecule has 0 radical (unpaired) electrons. The van der Waals surface area contributed by atoms with E-state index in [-0.39, 0.29) is 11.8 Å². The van der Waals surface area contributed by atoms with E-state index < -0.39 is 9.84 Å². The Hall–Kier alpha value is -1.33. The molecule has 0 bridgehead atoms. The minimum atomic E-state index is -3.22. The summed E-state index contributed by atoms with van der Waals surface area (Å²) in [6, 6.07) is 13.6. The third kappa shape index (κ3) is 2.92. The van der Waals surface area contributed by atoms with Gasteiger partial charge in [-0.2, -0.15) is 0 Å². The number of anilines is 1. The van der Waals surface area contributed by atoms with Gasteiger partial charge in [-0.3, -0.25) is 0 Å². The van der Waals surface area contributed by atoms with Crippen LogP contribution >= 0.6 is 15.9 Å². The van der Waals surface area contributed by atoms with Crippen LogP contribution in [0.4, 0.5) is 5.69 Å². The molecule has 1 aliphatic rings. The van der Waals surface area contributed by atoms with Crippen LogP contribution in [0.2, 0.25) is 0 Å². The quantitative estimate of drug-likeness (QED) is 0.858. The van der Waals surface area contributed by atoms with Crippen LogP contribution in [0.15, 0.2) is 51.8 Å². The van der Waals surface area contributed by atoms with Gasteiger partial charge in [0.1, 0.15) is 0 Å². The van der Waals surface area contributed by atoms with Crippen LogP contribution in [-0.4, -0.2) is 14.2 Å². The summed E-state index contributed by atoms with van der Waals surface area (Å²) in [4.78, 5) is 0.392. The molecular weight excluding hydrogens is 362 g/mol. The summed E-state index contributed by atoms with van der Waals surface area (Å²) >= 11 is 3.50. The first-order valence-electron chi connectivity index (χ1n) is 7.38. The predicted octanol–water partition coefficient (Wildman–Crippen LogP) is 4.34. The van der Waals surface area contributed by atoms with Crippen molar-refractivity contribution in [3.05, 3.63) is 58.1 Å². The van der Waals surface area contributed by atoms with Crippen LogP contribution in [0, 0.1) is 0 Å². The maximum atomic E-state index is 12.2. The first-order valence-corrected chi connectivity index (χ1v) is 9.82. The number of halogens is 1. The van der Waals surface area contributed by atoms with Crippen LogP contribution in [-0.2, 0) is 16.3 Å². The molecule has 0 aliphatic heterocycles. The standard InChI is InChI=1S/C17H18BrNO2S/c1-2-22(20,21)17-6-4-3-5-16(17)19-15-10-7-12-11-13(18)8-9-14(12)15/h3-6,8-9,11,15,19H,2,7,10H2,1H3. The van der Waals surface area contributed by atoms with E-state index in [0.717, 1.165) is 17.3 Å². The highest BCUT2D eigenvalue weighted by molar-refractivity contribution is 9.10. The van der Waals surface area contributed by atoms with Crippen LogP contribution in [0.25, 0.3) is 0 Å². The molecule has 116 valence electrons. The van der Waals surface area contributed by atoms with Gasteiger partial charge in [0.2, 0.25) is 0 Å². The van der Waals surface area contributed by atoms with Crippen molar-refractivity contribution in [1.29, 1.82) is 0 Å². The molecule has 0 saturated heterocycles. The summed E-state index contributed by atoms with van der Waals surface area (Å²) in [5.41, 5.74) is 3.28. The number of benzene rings is 2. The molecule has 5 heteroatoms. The number of para-hydroxylation sites is 1. The second-order valence-electron chi connectivity index (χ2n) is 5.48. The molecule has 0 spiro atoms. The number of hydrogen-bond acceptors (Lipinski definition) is 3. The lowest BCUT2D eigenvalue weighted by Gasteiger charge is -2.18. The molecule has 0 fully saturated rings. The molecule has 3 rings (SSSR count). The van der Waals surface area contributed by atoms with Crippen molar-refractivity contribution in [3.63, 3.8) is 0 Å². The van der Waals surface area contributed by atoms with Crippen molar-refractivity contribution >= 4 is 31.5 Å². The first-order chi connectivity index (χ1) is 10.5. The van der Waals surface area contributed by atoms with Crippen molar-refractivity contribution in [1.82, 2.24) is 0 Å². The zero-order valence-electron chi connectivity index (χ0n) is 12.3. The Morgan fingerprint density at radius 1 is 1.23 bits per heavy atom. The van der Waals surface area contributed by atoms with Gasteiger partial charge in [-0.1, -0.05) is 41.1 Å². The Labute approximate surface area is 139 Å². The van der Waals surface area contributed by atoms with E-state index in [4.69, 9.17) is 0 Å². The molecule has 0 amide bonds. The molecule has 0 saturated carbocycles. The second-order valence-corrected chi connectivity index (χ2v) is 8.64. The van der Waals surface area contributed by atoms with Gasteiger partial charge >= 0.3 is 0 Å². The third-order valence-corrected chi connectivity index (χ3v) is 6.39. The highest BCUT2D eigenvalue weighted by Crippen LogP contribution is 2.36. The summed E-state index contributed by atoms with van der Waals surface area (Å²) < 4.78 is 25.6. The highest BCUT2D eigenvalue weighted by atomic mass is 79.9. The predicted molar refractivity (Wildman–Crippen MR) is 93.0 cm³/mol. The average Bonchev–Trinajstić information content (AvgIpc) is 2.90. The number of nitrogens with one attached hydrogen (secondary N) is 1. The molecule has 3 nitrogen and oxygen atoms in total. The van der Waals surface area contributed by atoms with Gasteiger partial charge < -0.3 is 5.32 Å². The van der Waals surface area contributed by atoms with Crippen molar-refractivity contribution in [2.24, 2.45) is 0 Å². The van der Waals surface area contributed by atoms with E-state index in [0.29, 0.717) is 10.6 Å². The smallest absolute Gasteiger partial charge is 0.180 e. The number of hydrogen-bond donors (Lipinski definition) is 1. The van der Waals surface area contributed by atoms with Gasteiger partial charge in [-0.05, 0) is 48.2 Å². The molecule has 2 aromatic rings. The van der Waals surface area contributed by atoms with E-state index in [9.17, 15) is 8.42 Å². The van der Waals surface area contributed by atoms with Gasteiger partial charge in [0.15, 0.2) is 9.84 Å². The topological polar surface area (TPSA) is 46.2 Å². The van der Waals surface area contributed by atoms with Gasteiger partial charge in [0, 0.05) is 4.47 Å². The number of rotatable bonds is 4. The fourth-order valence-corrected chi connectivity index (χ4v) is 4.40. The largest absolute Gasteiger partial charge is 0.377 e. The summed E-state index contributed by atoms with van der Waals surface area (Å²) in [7, 11) is -3.22. The molecule has 1 atom stereocenters. The van der Waals surface area contributed by atoms with Crippen molar-refractivity contribution in [2.45, 2.75) is 30.7 Å². The Balaban J connectivity index is 1.94. The lowest BCUT2D eigenvalue weighted by atomic mass is 10.1. The van der Waals surface area contributed by atoms with Gasteiger partial charge in [0.25, 0.3) is 0 Å². The van der Waals surface area contributed by atoms with E-state index in [1.54, 1.807) is 19.1 Å². The number of aryl methyl sites for hydroxylation is 1. The molecule has 2 aromatic carbocycles. The molecule has 1 unspecified atom stereocenters. The number of sulfone groups is 1. The lowest BCUT2D eigenvalue weighted by Crippen LogP contribution is -2.12. The van der Waals surface area contributed by atoms with Crippen molar-refractivity contribution in [3.8, 4) is 0 Å². The van der Waals surface area contributed by atoms with Crippen LogP contribution in [0.1, 0.15) is 30.5 Å². The molecule has 1 aliphatic carbocycles. The highest BCUT2D eigenvalue weighted by Gasteiger charge is 2.24. The van der Waals surface area contributed by atoms with E-state index in [1.165, 1.54) is 11.1 Å². The van der Waals surface area contributed by atoms with Crippen LogP contribution < -0.4 is 5.32 Å². The second kappa shape index (κ2) is 6.05. The lowest BCUT2D eigenvalue weighted by molar-refractivity contribution is 0.597. The molecular formula is C17H18BrNO2S. The van der Waals surface area contributed by atoms with Crippen LogP contribution in [0.5, 0.6) is 0 Å². The summed E-state index contributed by atoms with van der Waals surface area (Å²) in [6.07, 6.45) is 1.99. The Morgan fingerprint density at radius 3 is 2.77 bits per heavy atom. The SMILES string of the molecule is CCS(=O)(=O)c1ccccc1NC1CCc2cc(Br)ccc21. The molecule has 0 heterocycles. The summed E-state index contributed by atoms with van der Waals surface area (Å²) in [6.45, 7) is 1.68. The van der Waals surface area contributed by atoms with Gasteiger partial charge in [-0.25, -0.2) is 8.42 Å². The van der Waals surface area contributed by atoms with E-state index in [1.807, 2.05) is 18.2 Å². The zero-order chi connectivity index (χ0) is 15.7. The minimum absolute atomic E-state index is 0.111. The van der Waals surface area contributed by atoms with Gasteiger partial charge in [-0.15, -0.1) is 0 Å². The van der Waals surface area contributed by atoms with E-state index in [2.05, 4.69) is 33.4 Å². The Morgan fingerprint density at radius 2 is 2.00 bits per heavy atom. The molecule has 0 aromatic heterocycles. The van der Waals surface area contributed by atoms with Gasteiger partial charge in [0.05, 0.1) is 22.4 Å². The summed E-state index contributed by atoms with van der Waals surface area (Å²) in [5, 5.41) is 3.43. The van der Waals surface area contributed by atoms with Crippen molar-refractivity contribution < 1.29 is 8.42 Å². The first kappa shape index (κ1) is 15.6. The van der Waals surface area contributed by atoms with Crippen LogP contribution in [0.3, 0.4) is 0 Å². The Bertz CT molecular complexity index is 802. The minimum Gasteiger partial charge on any atom is -0.377 e. The Kier molecular flexibility index (Phi) is 4.28. The third-order valence-electron chi connectivity index (χ3n) is 4.11. The number of fused-ring (bicyclic) bond motifs is 1. The average molecular weight is 380 g/mol. The monoisotopic (exact) mass is 379 g/mol. The zero-order valence-corrected chi connectivity index (χ0v) is 14.7. The fraction of sp³-hybridized carbons (Fsp3) is 0.294. The molecule has 1 N–H and O–H groups in total. The summed E-state index contributed by atoms with van der Waals surface area (Å²) in [5.74, 6) is 0.111.